The molecule has 10 fully saturated rings. The maximum absolute atomic E-state index is 15.2. The van der Waals surface area contributed by atoms with Gasteiger partial charge >= 0.3 is 6.18 Å². The monoisotopic (exact) mass is 1920 g/mol. The predicted octanol–water partition coefficient (Wildman–Crippen LogP) is 8.40. The van der Waals surface area contributed by atoms with E-state index >= 15 is 9.59 Å². The summed E-state index contributed by atoms with van der Waals surface area (Å²) >= 11 is 0. The zero-order valence-electron chi connectivity index (χ0n) is 76.1. The number of benzene rings is 4. The molecule has 752 valence electrons. The molecule has 4 saturated carbocycles. The number of amides is 13. The number of fused-ring (bicyclic) bond motifs is 12. The number of hydrogen-bond acceptors (Lipinski definition) is 17. The van der Waals surface area contributed by atoms with Gasteiger partial charge < -0.3 is 94.6 Å². The molecule has 8 heterocycles. The second-order valence-electron chi connectivity index (χ2n) is 38.7. The van der Waals surface area contributed by atoms with Crippen LogP contribution in [-0.2, 0) is 92.8 Å². The number of para-hydroxylation sites is 2. The molecule has 6 saturated heterocycles. The van der Waals surface area contributed by atoms with Crippen molar-refractivity contribution in [2.45, 2.75) is 325 Å². The van der Waals surface area contributed by atoms with Crippen molar-refractivity contribution in [3.63, 3.8) is 0 Å². The fourth-order valence-electron chi connectivity index (χ4n) is 23.3. The van der Waals surface area contributed by atoms with Gasteiger partial charge in [0.15, 0.2) is 0 Å². The number of carbonyl (C=O) groups excluding carboxylic acids is 14. The number of alkyl halides is 3. The normalized spacial score (nSPS) is 27.2. The Bertz CT molecular complexity index is 5550. The number of nitrogens with zero attached hydrogens (tertiary/aromatic N) is 4. The highest BCUT2D eigenvalue weighted by Gasteiger charge is 2.56. The standard InChI is InChI=1S/C51H66N10O7.C47H58N8O6.C2HF3O.4CH4/c52-23-19-36(53)44(62)54-24-20-38-48(66)60-25-9-16-42(60)49(67)61-41-15-6-2-11-32(41)28-43(61)47(65)57-40(26-31-18-17-30-10-1-3-12-34(30)31)46(64)59-51(21-7-8-22-51)50(68)58-39(45(63)56-38)27-33-29-55-37-14-5-4-13-35(33)37;48-22-19-35-44(59)54-23-9-16-39(54)45(60)55-38-15-6-2-11-30(38)26-40(55)43(58)51-37(24-29-18-17-28-10-1-3-12-32(28)29)42(57)53-47(20-7-8-21-47)46(61)52-36(41(56)50-35)25-31-27-49-34-14-5-4-13-33(31)34;3-2(4,5)1-6;;;;/h1,3-5,10,12-14,18,29,32,36,38-43,55H,2,6-9,11,15-17,19-28,52-53H2,(H,54,62)(H,56,63)(H,57,65)(H,58,68)(H,59,64);1,3-5,10,12-14,18,27,30,35-40,49H,2,6-9,11,15-17,19-26,48H2,(H,50,56)(H,51,58)(H,52,61)(H,53,57);1H;4*1H4/t32-,36-,38-,39-,40-,41-,42+,43-;30-,35-,36-,37-,38-,39+,40-;;;;;/m00...../s1. The molecule has 6 aliphatic heterocycles. The van der Waals surface area contributed by atoms with Gasteiger partial charge in [0.05, 0.1) is 6.04 Å². The van der Waals surface area contributed by atoms with Crippen molar-refractivity contribution in [2.75, 3.05) is 32.7 Å². The van der Waals surface area contributed by atoms with Crippen LogP contribution in [0, 0.1) is 11.8 Å². The lowest BCUT2D eigenvalue weighted by Gasteiger charge is -2.38. The number of aromatic nitrogens is 2. The third-order valence-electron chi connectivity index (χ3n) is 30.2. The largest absolute Gasteiger partial charge is 0.446 e. The van der Waals surface area contributed by atoms with Crippen LogP contribution in [0.25, 0.3) is 33.0 Å². The van der Waals surface area contributed by atoms with Gasteiger partial charge in [0.2, 0.25) is 83.1 Å². The minimum Gasteiger partial charge on any atom is -0.361 e. The highest BCUT2D eigenvalue weighted by Crippen LogP contribution is 2.45. The van der Waals surface area contributed by atoms with E-state index in [-0.39, 0.29) is 137 Å². The summed E-state index contributed by atoms with van der Waals surface area (Å²) in [5, 5.41) is 29.0. The van der Waals surface area contributed by atoms with Gasteiger partial charge in [-0.3, -0.25) is 67.1 Å². The number of rotatable bonds is 16. The Balaban J connectivity index is 0.000000230. The fourth-order valence-corrected chi connectivity index (χ4v) is 23.3. The number of aldehydes is 1. The Kier molecular flexibility index (Phi) is 35.2. The third-order valence-corrected chi connectivity index (χ3v) is 30.2. The van der Waals surface area contributed by atoms with E-state index in [1.54, 1.807) is 20.9 Å². The SMILES string of the molecule is C.C.C.C.NCC[C@@H]1NC(=O)[C@H](Cc2c[nH]c3ccccc23)NC(=O)C2(CCCC2)NC(=O)[C@H](CC2=CCc3ccccc32)NC(=O)[C@@H]2C[C@@H]3CCCC[C@@H]3N2C(=O)[C@H]2CCCN2C1=O.NCC[C@H](N)C(=O)NCC[C@@H]1NC(=O)[C@H](Cc2c[nH]c3ccccc23)NC(=O)C2(CCCC2)NC(=O)[C@H](CC2=CCc3ccccc32)NC(=O)[C@@H]2C[C@@H]3CCCC[C@@H]3N2C(=O)[C@H]2CCCN2C1=O.O=CC(F)(F)F. The Morgan fingerprint density at radius 2 is 0.835 bits per heavy atom. The molecule has 6 aliphatic carbocycles. The summed E-state index contributed by atoms with van der Waals surface area (Å²) in [5.74, 6) is -5.83. The molecule has 12 aliphatic rings. The van der Waals surface area contributed by atoms with E-state index in [1.807, 2.05) is 97.2 Å². The first-order chi connectivity index (χ1) is 65.1. The number of aromatic amines is 2. The Morgan fingerprint density at radius 3 is 1.25 bits per heavy atom. The van der Waals surface area contributed by atoms with Crippen molar-refractivity contribution in [3.8, 4) is 0 Å². The van der Waals surface area contributed by atoms with E-state index in [0.29, 0.717) is 116 Å². The first-order valence-corrected chi connectivity index (χ1v) is 48.5. The van der Waals surface area contributed by atoms with E-state index < -0.39 is 155 Å². The fraction of sp³-hybridized carbons (Fsp3) is 0.558. The molecule has 2 spiro atoms. The van der Waals surface area contributed by atoms with E-state index in [0.717, 1.165) is 111 Å². The summed E-state index contributed by atoms with van der Waals surface area (Å²) in [6.45, 7) is 0.836. The van der Waals surface area contributed by atoms with Crippen molar-refractivity contribution in [1.82, 2.24) is 77.4 Å². The van der Waals surface area contributed by atoms with Gasteiger partial charge in [-0.25, -0.2) is 0 Å². The van der Waals surface area contributed by atoms with Crippen molar-refractivity contribution in [3.05, 3.63) is 155 Å². The van der Waals surface area contributed by atoms with Crippen LogP contribution in [0.15, 0.2) is 122 Å². The highest BCUT2D eigenvalue weighted by molar-refractivity contribution is 6.04. The number of nitrogens with two attached hydrogens (primary N) is 3. The molecule has 32 nitrogen and oxygen atoms in total. The average molecular weight is 1920 g/mol. The molecule has 2 aromatic heterocycles. The van der Waals surface area contributed by atoms with Crippen LogP contribution in [0.4, 0.5) is 13.2 Å². The predicted molar refractivity (Wildman–Crippen MR) is 523 cm³/mol. The van der Waals surface area contributed by atoms with E-state index in [4.69, 9.17) is 22.0 Å². The summed E-state index contributed by atoms with van der Waals surface area (Å²) in [6, 6.07) is 19.8. The maximum Gasteiger partial charge on any atom is 0.446 e. The van der Waals surface area contributed by atoms with E-state index in [1.165, 1.54) is 4.90 Å². The van der Waals surface area contributed by atoms with Gasteiger partial charge in [-0.15, -0.1) is 0 Å². The molecular weight excluding hydrogens is 1780 g/mol. The van der Waals surface area contributed by atoms with Crippen LogP contribution in [0.2, 0.25) is 0 Å². The average Bonchev–Trinajstić information content (AvgIpc) is 1.61. The van der Waals surface area contributed by atoms with Crippen LogP contribution >= 0.6 is 0 Å². The van der Waals surface area contributed by atoms with Gasteiger partial charge in [0, 0.05) is 91.6 Å². The summed E-state index contributed by atoms with van der Waals surface area (Å²) in [5.41, 5.74) is 24.4. The zero-order chi connectivity index (χ0) is 95.0. The van der Waals surface area contributed by atoms with Crippen LogP contribution < -0.4 is 65.1 Å². The molecule has 35 heteroatoms. The summed E-state index contributed by atoms with van der Waals surface area (Å²) in [4.78, 5) is 213. The highest BCUT2D eigenvalue weighted by atomic mass is 19.4. The molecule has 4 aromatic carbocycles. The Morgan fingerprint density at radius 1 is 0.446 bits per heavy atom. The van der Waals surface area contributed by atoms with Gasteiger partial charge in [-0.05, 0) is 204 Å². The molecule has 0 bridgehead atoms. The van der Waals surface area contributed by atoms with Gasteiger partial charge in [-0.1, -0.05) is 178 Å². The lowest BCUT2D eigenvalue weighted by Crippen LogP contribution is -2.65. The number of carbonyl (C=O) groups is 14. The molecule has 18 rings (SSSR count). The first-order valence-electron chi connectivity index (χ1n) is 48.5. The number of hydrogen-bond donors (Lipinski definition) is 14. The minimum absolute atomic E-state index is 0. The van der Waals surface area contributed by atoms with Crippen LogP contribution in [0.5, 0.6) is 0 Å². The maximum atomic E-state index is 15.2. The lowest BCUT2D eigenvalue weighted by atomic mass is 9.84. The Labute approximate surface area is 810 Å². The molecule has 13 amide bonds. The summed E-state index contributed by atoms with van der Waals surface area (Å²) in [7, 11) is 0. The number of H-pyrrole nitrogens is 2. The van der Waals surface area contributed by atoms with Crippen molar-refractivity contribution in [2.24, 2.45) is 29.0 Å². The van der Waals surface area contributed by atoms with Gasteiger partial charge in [0.1, 0.15) is 71.5 Å². The van der Waals surface area contributed by atoms with Crippen LogP contribution in [0.1, 0.15) is 236 Å². The first kappa shape index (κ1) is 106. The smallest absolute Gasteiger partial charge is 0.361 e. The lowest BCUT2D eigenvalue weighted by molar-refractivity contribution is -0.156. The van der Waals surface area contributed by atoms with Gasteiger partial charge in [-0.2, -0.15) is 13.2 Å². The summed E-state index contributed by atoms with van der Waals surface area (Å²) in [6.07, 6.45) is 18.0. The molecule has 0 unspecified atom stereocenters. The quantitative estimate of drug-likeness (QED) is 0.0404. The molecule has 15 atom stereocenters. The van der Waals surface area contributed by atoms with Crippen molar-refractivity contribution < 1.29 is 80.3 Å². The third kappa shape index (κ3) is 23.2. The number of nitrogens with one attached hydrogen (secondary N) is 11. The Hall–Kier alpha value is -12.1. The van der Waals surface area contributed by atoms with Crippen molar-refractivity contribution in [1.29, 1.82) is 0 Å². The minimum atomic E-state index is -4.64. The van der Waals surface area contributed by atoms with Gasteiger partial charge in [0.25, 0.3) is 0 Å². The second kappa shape index (κ2) is 46.3. The molecular formula is C104H141F3N18O14. The molecule has 0 radical (unpaired) electrons. The second-order valence-corrected chi connectivity index (χ2v) is 38.7. The van der Waals surface area contributed by atoms with Crippen LogP contribution in [0.3, 0.4) is 0 Å². The summed E-state index contributed by atoms with van der Waals surface area (Å²) < 4.78 is 31.2. The molecule has 6 aromatic rings. The van der Waals surface area contributed by atoms with E-state index in [2.05, 4.69) is 76.0 Å². The zero-order valence-corrected chi connectivity index (χ0v) is 76.1. The molecule has 139 heavy (non-hydrogen) atoms. The molecule has 17 N–H and O–H groups in total. The number of halogens is 3. The van der Waals surface area contributed by atoms with E-state index in [9.17, 15) is 65.9 Å². The number of allylic oxidation sites excluding steroid dienone is 2. The topological polar surface area (TPSA) is 470 Å². The van der Waals surface area contributed by atoms with Crippen molar-refractivity contribution >= 4 is 116 Å². The van der Waals surface area contributed by atoms with Crippen LogP contribution in [-0.4, -0.2) is 241 Å².